The number of nitrogens with zero attached hydrogens (tertiary/aromatic N) is 2. The number of nitrogens with one attached hydrogen (secondary N) is 1. The first-order valence-electron chi connectivity index (χ1n) is 7.21. The van der Waals surface area contributed by atoms with E-state index >= 15 is 0 Å². The van der Waals surface area contributed by atoms with Crippen molar-refractivity contribution in [1.82, 2.24) is 10.2 Å². The van der Waals surface area contributed by atoms with Crippen LogP contribution < -0.4 is 10.1 Å². The highest BCUT2D eigenvalue weighted by molar-refractivity contribution is 9.10. The summed E-state index contributed by atoms with van der Waals surface area (Å²) in [7, 11) is 0. The molecule has 3 aromatic rings. The summed E-state index contributed by atoms with van der Waals surface area (Å²) in [6, 6.07) is 14.4. The number of anilines is 1. The quantitative estimate of drug-likeness (QED) is 0.717. The third-order valence-corrected chi connectivity index (χ3v) is 3.78. The molecule has 6 nitrogen and oxygen atoms in total. The highest BCUT2D eigenvalue weighted by Crippen LogP contribution is 2.21. The molecule has 7 heteroatoms. The van der Waals surface area contributed by atoms with Crippen molar-refractivity contribution in [2.24, 2.45) is 0 Å². The number of benzene rings is 2. The molecule has 1 amide bonds. The van der Waals surface area contributed by atoms with E-state index in [2.05, 4.69) is 31.4 Å². The molecule has 24 heavy (non-hydrogen) atoms. The lowest BCUT2D eigenvalue weighted by atomic mass is 10.2. The van der Waals surface area contributed by atoms with Crippen molar-refractivity contribution < 1.29 is 13.9 Å². The van der Waals surface area contributed by atoms with Gasteiger partial charge in [0, 0.05) is 15.7 Å². The first-order valence-corrected chi connectivity index (χ1v) is 8.01. The lowest BCUT2D eigenvalue weighted by Gasteiger charge is -2.15. The number of aromatic nitrogens is 2. The van der Waals surface area contributed by atoms with Crippen LogP contribution in [0.1, 0.15) is 6.92 Å². The minimum absolute atomic E-state index is 0.224. The van der Waals surface area contributed by atoms with E-state index in [1.165, 1.54) is 6.39 Å². The first kappa shape index (κ1) is 16.2. The molecule has 0 aliphatic heterocycles. The predicted molar refractivity (Wildman–Crippen MR) is 92.6 cm³/mol. The number of halogens is 1. The lowest BCUT2D eigenvalue weighted by Crippen LogP contribution is -2.30. The summed E-state index contributed by atoms with van der Waals surface area (Å²) in [5.41, 5.74) is 1.50. The number of rotatable bonds is 5. The smallest absolute Gasteiger partial charge is 0.265 e. The molecule has 0 unspecified atom stereocenters. The van der Waals surface area contributed by atoms with Crippen molar-refractivity contribution in [2.45, 2.75) is 13.0 Å². The number of hydrogen-bond acceptors (Lipinski definition) is 5. The fourth-order valence-electron chi connectivity index (χ4n) is 2.01. The average molecular weight is 388 g/mol. The molecule has 3 rings (SSSR count). The zero-order chi connectivity index (χ0) is 16.9. The topological polar surface area (TPSA) is 77.2 Å². The second-order valence-electron chi connectivity index (χ2n) is 5.02. The maximum atomic E-state index is 12.2. The third kappa shape index (κ3) is 3.99. The second-order valence-corrected chi connectivity index (χ2v) is 5.94. The Kier molecular flexibility index (Phi) is 4.90. The fourth-order valence-corrected chi connectivity index (χ4v) is 2.27. The molecule has 0 aliphatic carbocycles. The van der Waals surface area contributed by atoms with Crippen molar-refractivity contribution in [3.05, 3.63) is 59.4 Å². The average Bonchev–Trinajstić information content (AvgIpc) is 3.12. The van der Waals surface area contributed by atoms with Gasteiger partial charge in [0.05, 0.1) is 0 Å². The Labute approximate surface area is 147 Å². The van der Waals surface area contributed by atoms with Crippen molar-refractivity contribution in [1.29, 1.82) is 0 Å². The Hall–Kier alpha value is -2.67. The van der Waals surface area contributed by atoms with E-state index < -0.39 is 6.10 Å². The molecule has 0 saturated carbocycles. The van der Waals surface area contributed by atoms with Crippen LogP contribution in [0.25, 0.3) is 11.5 Å². The van der Waals surface area contributed by atoms with E-state index in [4.69, 9.17) is 9.15 Å². The van der Waals surface area contributed by atoms with Crippen molar-refractivity contribution in [3.63, 3.8) is 0 Å². The van der Waals surface area contributed by atoms with Crippen LogP contribution in [0.3, 0.4) is 0 Å². The van der Waals surface area contributed by atoms with Crippen molar-refractivity contribution in [2.75, 3.05) is 5.32 Å². The molecule has 2 aromatic carbocycles. The number of amides is 1. The summed E-state index contributed by atoms with van der Waals surface area (Å²) < 4.78 is 11.7. The molecule has 0 spiro atoms. The Morgan fingerprint density at radius 3 is 2.50 bits per heavy atom. The second kappa shape index (κ2) is 7.27. The Bertz CT molecular complexity index is 802. The van der Waals surface area contributed by atoms with Crippen LogP contribution in [0.15, 0.2) is 63.8 Å². The zero-order valence-corrected chi connectivity index (χ0v) is 14.4. The van der Waals surface area contributed by atoms with Crippen LogP contribution in [0.4, 0.5) is 5.69 Å². The zero-order valence-electron chi connectivity index (χ0n) is 12.8. The molecular formula is C17H14BrN3O3. The highest BCUT2D eigenvalue weighted by atomic mass is 79.9. The van der Waals surface area contributed by atoms with Crippen LogP contribution in [-0.4, -0.2) is 22.2 Å². The Morgan fingerprint density at radius 1 is 1.17 bits per heavy atom. The summed E-state index contributed by atoms with van der Waals surface area (Å²) in [6.45, 7) is 1.69. The van der Waals surface area contributed by atoms with Crippen LogP contribution in [0.5, 0.6) is 5.75 Å². The highest BCUT2D eigenvalue weighted by Gasteiger charge is 2.15. The van der Waals surface area contributed by atoms with Crippen LogP contribution in [-0.2, 0) is 4.79 Å². The number of hydrogen-bond donors (Lipinski definition) is 1. The number of carbonyl (C=O) groups excluding carboxylic acids is 1. The van der Waals surface area contributed by atoms with E-state index in [0.29, 0.717) is 17.3 Å². The molecule has 0 aliphatic rings. The van der Waals surface area contributed by atoms with Gasteiger partial charge < -0.3 is 14.5 Å². The van der Waals surface area contributed by atoms with E-state index in [1.54, 1.807) is 31.2 Å². The molecule has 0 bridgehead atoms. The molecule has 0 fully saturated rings. The maximum Gasteiger partial charge on any atom is 0.265 e. The SMILES string of the molecule is C[C@H](Oc1ccc(-c2nnco2)cc1)C(=O)Nc1ccc(Br)cc1. The third-order valence-electron chi connectivity index (χ3n) is 3.26. The van der Waals surface area contributed by atoms with Gasteiger partial charge in [0.25, 0.3) is 5.91 Å². The molecule has 1 N–H and O–H groups in total. The van der Waals surface area contributed by atoms with Gasteiger partial charge in [-0.3, -0.25) is 4.79 Å². The molecule has 1 atom stereocenters. The minimum Gasteiger partial charge on any atom is -0.481 e. The normalized spacial score (nSPS) is 11.8. The number of ether oxygens (including phenoxy) is 1. The van der Waals surface area contributed by atoms with Gasteiger partial charge in [0.1, 0.15) is 5.75 Å². The van der Waals surface area contributed by atoms with Crippen LogP contribution >= 0.6 is 15.9 Å². The molecular weight excluding hydrogens is 374 g/mol. The van der Waals surface area contributed by atoms with Crippen LogP contribution in [0, 0.1) is 0 Å². The largest absolute Gasteiger partial charge is 0.481 e. The van der Waals surface area contributed by atoms with Crippen molar-refractivity contribution in [3.8, 4) is 17.2 Å². The summed E-state index contributed by atoms with van der Waals surface area (Å²) in [6.07, 6.45) is 0.636. The van der Waals surface area contributed by atoms with Gasteiger partial charge in [-0.1, -0.05) is 15.9 Å². The van der Waals surface area contributed by atoms with E-state index in [0.717, 1.165) is 10.0 Å². The maximum absolute atomic E-state index is 12.2. The monoisotopic (exact) mass is 387 g/mol. The predicted octanol–water partition coefficient (Wildman–Crippen LogP) is 3.91. The molecule has 122 valence electrons. The van der Waals surface area contributed by atoms with Gasteiger partial charge in [-0.05, 0) is 55.5 Å². The summed E-state index contributed by atoms with van der Waals surface area (Å²) in [5.74, 6) is 0.789. The Morgan fingerprint density at radius 2 is 1.88 bits per heavy atom. The number of carbonyl (C=O) groups is 1. The van der Waals surface area contributed by atoms with Gasteiger partial charge in [-0.15, -0.1) is 10.2 Å². The molecule has 0 saturated heterocycles. The van der Waals surface area contributed by atoms with Crippen LogP contribution in [0.2, 0.25) is 0 Å². The molecule has 0 radical (unpaired) electrons. The first-order chi connectivity index (χ1) is 11.6. The standard InChI is InChI=1S/C17H14BrN3O3/c1-11(16(22)20-14-6-4-13(18)5-7-14)24-15-8-2-12(3-9-15)17-21-19-10-23-17/h2-11H,1H3,(H,20,22)/t11-/m0/s1. The van der Waals surface area contributed by atoms with Gasteiger partial charge in [-0.2, -0.15) is 0 Å². The van der Waals surface area contributed by atoms with Gasteiger partial charge >= 0.3 is 0 Å². The van der Waals surface area contributed by atoms with Gasteiger partial charge in [-0.25, -0.2) is 0 Å². The van der Waals surface area contributed by atoms with E-state index in [9.17, 15) is 4.79 Å². The summed E-state index contributed by atoms with van der Waals surface area (Å²) in [4.78, 5) is 12.2. The lowest BCUT2D eigenvalue weighted by molar-refractivity contribution is -0.122. The summed E-state index contributed by atoms with van der Waals surface area (Å²) in [5, 5.41) is 10.3. The Balaban J connectivity index is 1.60. The van der Waals surface area contributed by atoms with E-state index in [1.807, 2.05) is 24.3 Å². The summed E-state index contributed by atoms with van der Waals surface area (Å²) >= 11 is 3.35. The fraction of sp³-hybridized carbons (Fsp3) is 0.118. The minimum atomic E-state index is -0.636. The molecule has 1 heterocycles. The van der Waals surface area contributed by atoms with Crippen molar-refractivity contribution >= 4 is 27.5 Å². The van der Waals surface area contributed by atoms with E-state index in [-0.39, 0.29) is 5.91 Å². The van der Waals surface area contributed by atoms with Gasteiger partial charge in [0.2, 0.25) is 12.3 Å². The van der Waals surface area contributed by atoms with Gasteiger partial charge in [0.15, 0.2) is 6.10 Å². The molecule has 1 aromatic heterocycles.